The van der Waals surface area contributed by atoms with Gasteiger partial charge in [-0.25, -0.2) is 4.98 Å². The van der Waals surface area contributed by atoms with E-state index in [0.717, 1.165) is 11.4 Å². The van der Waals surface area contributed by atoms with Crippen molar-refractivity contribution in [2.75, 3.05) is 5.73 Å². The highest BCUT2D eigenvalue weighted by Crippen LogP contribution is 2.06. The predicted molar refractivity (Wildman–Crippen MR) is 72.6 cm³/mol. The Balaban J connectivity index is 2.16. The van der Waals surface area contributed by atoms with Gasteiger partial charge in [0, 0.05) is 5.69 Å². The molecule has 5 nitrogen and oxygen atoms in total. The third-order valence-electron chi connectivity index (χ3n) is 3.11. The first-order valence-corrected chi connectivity index (χ1v) is 6.21. The molecule has 0 aliphatic carbocycles. The summed E-state index contributed by atoms with van der Waals surface area (Å²) in [6.07, 6.45) is 0. The van der Waals surface area contributed by atoms with Gasteiger partial charge in [-0.15, -0.1) is 4.68 Å². The van der Waals surface area contributed by atoms with E-state index in [0.29, 0.717) is 18.3 Å². The first kappa shape index (κ1) is 11.6. The number of hydrogen-bond acceptors (Lipinski definition) is 3. The predicted octanol–water partition coefficient (Wildman–Crippen LogP) is 1.26. The van der Waals surface area contributed by atoms with Crippen molar-refractivity contribution in [3.63, 3.8) is 0 Å². The normalized spacial score (nSPS) is 11.1. The van der Waals surface area contributed by atoms with E-state index in [2.05, 4.69) is 22.1 Å². The van der Waals surface area contributed by atoms with Crippen molar-refractivity contribution in [2.45, 2.75) is 20.4 Å². The van der Waals surface area contributed by atoms with Gasteiger partial charge in [0.1, 0.15) is 6.54 Å². The molecule has 1 aromatic carbocycles. The molecule has 0 aliphatic rings. The van der Waals surface area contributed by atoms with Crippen LogP contribution >= 0.6 is 0 Å². The number of fused-ring (bicyclic) bond motifs is 1. The molecule has 0 spiro atoms. The van der Waals surface area contributed by atoms with Crippen LogP contribution in [-0.2, 0) is 6.54 Å². The van der Waals surface area contributed by atoms with Gasteiger partial charge in [-0.05, 0) is 30.5 Å². The lowest BCUT2D eigenvalue weighted by Crippen LogP contribution is -2.43. The smallest absolute Gasteiger partial charge is 0.286 e. The van der Waals surface area contributed by atoms with Crippen LogP contribution in [0.4, 0.5) is 5.95 Å². The van der Waals surface area contributed by atoms with E-state index in [4.69, 9.17) is 5.73 Å². The maximum absolute atomic E-state index is 6.01. The summed E-state index contributed by atoms with van der Waals surface area (Å²) in [5.74, 6) is 1.12. The van der Waals surface area contributed by atoms with Gasteiger partial charge in [0.05, 0.1) is 5.69 Å². The highest BCUT2D eigenvalue weighted by molar-refractivity contribution is 5.33. The van der Waals surface area contributed by atoms with Crippen LogP contribution in [-0.4, -0.2) is 14.5 Å². The number of nitrogens with zero attached hydrogens (tertiary/aromatic N) is 4. The summed E-state index contributed by atoms with van der Waals surface area (Å²) < 4.78 is 3.89. The zero-order chi connectivity index (χ0) is 13.4. The minimum Gasteiger partial charge on any atom is -0.286 e. The SMILES string of the molecule is Cc1cc(C)n2c(n1)nc(N)[n+]2Cc1ccccc1. The van der Waals surface area contributed by atoms with E-state index in [9.17, 15) is 0 Å². The molecular formula is C14H16N5+. The third kappa shape index (κ3) is 2.03. The summed E-state index contributed by atoms with van der Waals surface area (Å²) in [7, 11) is 0. The van der Waals surface area contributed by atoms with E-state index in [-0.39, 0.29) is 0 Å². The molecule has 0 bridgehead atoms. The van der Waals surface area contributed by atoms with Crippen molar-refractivity contribution in [1.82, 2.24) is 14.5 Å². The summed E-state index contributed by atoms with van der Waals surface area (Å²) in [5, 5.41) is 0. The lowest BCUT2D eigenvalue weighted by atomic mass is 10.2. The van der Waals surface area contributed by atoms with Crippen LogP contribution < -0.4 is 10.4 Å². The minimum atomic E-state index is 0.477. The Hall–Kier alpha value is -2.43. The number of rotatable bonds is 2. The second kappa shape index (κ2) is 4.35. The Kier molecular flexibility index (Phi) is 2.67. The molecule has 96 valence electrons. The molecule has 2 heterocycles. The number of nitrogen functional groups attached to an aromatic ring is 1. The summed E-state index contributed by atoms with van der Waals surface area (Å²) >= 11 is 0. The molecule has 0 aliphatic heterocycles. The fourth-order valence-electron chi connectivity index (χ4n) is 2.30. The number of benzene rings is 1. The number of nitrogens with two attached hydrogens (primary N) is 1. The highest BCUT2D eigenvalue weighted by Gasteiger charge is 2.18. The third-order valence-corrected chi connectivity index (χ3v) is 3.11. The van der Waals surface area contributed by atoms with E-state index >= 15 is 0 Å². The quantitative estimate of drug-likeness (QED) is 0.700. The van der Waals surface area contributed by atoms with Crippen molar-refractivity contribution in [1.29, 1.82) is 0 Å². The summed E-state index contributed by atoms with van der Waals surface area (Å²) in [5.41, 5.74) is 9.21. The molecule has 3 aromatic rings. The molecule has 19 heavy (non-hydrogen) atoms. The Labute approximate surface area is 111 Å². The average Bonchev–Trinajstić information content (AvgIpc) is 2.67. The Morgan fingerprint density at radius 3 is 2.63 bits per heavy atom. The van der Waals surface area contributed by atoms with Gasteiger partial charge in [0.2, 0.25) is 0 Å². The molecule has 2 aromatic heterocycles. The monoisotopic (exact) mass is 254 g/mol. The zero-order valence-corrected chi connectivity index (χ0v) is 11.0. The van der Waals surface area contributed by atoms with Crippen molar-refractivity contribution in [3.8, 4) is 0 Å². The minimum absolute atomic E-state index is 0.477. The second-order valence-corrected chi connectivity index (χ2v) is 4.66. The number of aromatic nitrogens is 4. The standard InChI is InChI=1S/C14H15N5/c1-10-8-11(2)19-14(16-10)17-13(15)18(19)9-12-6-4-3-5-7-12/h3-8,15H,9H2,1-2H3/p+1. The van der Waals surface area contributed by atoms with Crippen molar-refractivity contribution >= 4 is 11.7 Å². The van der Waals surface area contributed by atoms with Crippen LogP contribution in [0.2, 0.25) is 0 Å². The molecule has 2 N–H and O–H groups in total. The van der Waals surface area contributed by atoms with Gasteiger partial charge in [0.15, 0.2) is 0 Å². The van der Waals surface area contributed by atoms with E-state index in [1.807, 2.05) is 47.3 Å². The summed E-state index contributed by atoms with van der Waals surface area (Å²) in [4.78, 5) is 8.73. The average molecular weight is 254 g/mol. The van der Waals surface area contributed by atoms with Crippen molar-refractivity contribution in [3.05, 3.63) is 53.3 Å². The lowest BCUT2D eigenvalue weighted by Gasteiger charge is -2.04. The van der Waals surface area contributed by atoms with Crippen LogP contribution in [0.1, 0.15) is 17.0 Å². The number of anilines is 1. The molecule has 0 saturated heterocycles. The van der Waals surface area contributed by atoms with Gasteiger partial charge in [-0.2, -0.15) is 4.52 Å². The maximum Gasteiger partial charge on any atom is 0.411 e. The molecule has 5 heteroatoms. The van der Waals surface area contributed by atoms with Crippen LogP contribution in [0.25, 0.3) is 5.78 Å². The second-order valence-electron chi connectivity index (χ2n) is 4.66. The Morgan fingerprint density at radius 2 is 1.89 bits per heavy atom. The molecule has 0 amide bonds. The number of hydrogen-bond donors (Lipinski definition) is 1. The fraction of sp³-hybridized carbons (Fsp3) is 0.214. The zero-order valence-electron chi connectivity index (χ0n) is 11.0. The van der Waals surface area contributed by atoms with Crippen molar-refractivity contribution in [2.24, 2.45) is 0 Å². The van der Waals surface area contributed by atoms with Crippen LogP contribution in [0.5, 0.6) is 0 Å². The van der Waals surface area contributed by atoms with Gasteiger partial charge in [-0.1, -0.05) is 30.3 Å². The van der Waals surface area contributed by atoms with Gasteiger partial charge in [0.25, 0.3) is 0 Å². The summed E-state index contributed by atoms with van der Waals surface area (Å²) in [6, 6.07) is 12.2. The largest absolute Gasteiger partial charge is 0.411 e. The first-order chi connectivity index (χ1) is 9.15. The highest BCUT2D eigenvalue weighted by atomic mass is 15.5. The van der Waals surface area contributed by atoms with Gasteiger partial charge < -0.3 is 0 Å². The Morgan fingerprint density at radius 1 is 1.16 bits per heavy atom. The fourth-order valence-corrected chi connectivity index (χ4v) is 2.30. The molecule has 0 fully saturated rings. The molecular weight excluding hydrogens is 238 g/mol. The molecule has 0 saturated carbocycles. The lowest BCUT2D eigenvalue weighted by molar-refractivity contribution is -0.741. The van der Waals surface area contributed by atoms with Crippen LogP contribution in [0.3, 0.4) is 0 Å². The molecule has 0 radical (unpaired) electrons. The van der Waals surface area contributed by atoms with Crippen molar-refractivity contribution < 1.29 is 4.68 Å². The van der Waals surface area contributed by atoms with Gasteiger partial charge >= 0.3 is 11.7 Å². The van der Waals surface area contributed by atoms with Crippen LogP contribution in [0.15, 0.2) is 36.4 Å². The maximum atomic E-state index is 6.01. The summed E-state index contributed by atoms with van der Waals surface area (Å²) in [6.45, 7) is 4.67. The van der Waals surface area contributed by atoms with Gasteiger partial charge in [-0.3, -0.25) is 5.73 Å². The van der Waals surface area contributed by atoms with Crippen LogP contribution in [0, 0.1) is 13.8 Å². The number of aryl methyl sites for hydroxylation is 2. The molecule has 3 rings (SSSR count). The first-order valence-electron chi connectivity index (χ1n) is 6.21. The molecule has 0 atom stereocenters. The topological polar surface area (TPSA) is 60.1 Å². The van der Waals surface area contributed by atoms with E-state index < -0.39 is 0 Å². The van der Waals surface area contributed by atoms with E-state index in [1.54, 1.807) is 0 Å². The van der Waals surface area contributed by atoms with E-state index in [1.165, 1.54) is 5.56 Å². The molecule has 0 unspecified atom stereocenters. The Bertz CT molecular complexity index is 730.